The van der Waals surface area contributed by atoms with E-state index in [-0.39, 0.29) is 36.5 Å². The second kappa shape index (κ2) is 14.6. The van der Waals surface area contributed by atoms with Gasteiger partial charge in [0.2, 0.25) is 15.9 Å². The van der Waals surface area contributed by atoms with Gasteiger partial charge in [0.05, 0.1) is 10.9 Å². The summed E-state index contributed by atoms with van der Waals surface area (Å²) in [6, 6.07) is 16.3. The van der Waals surface area contributed by atoms with Crippen molar-refractivity contribution in [1.82, 2.24) is 9.62 Å². The van der Waals surface area contributed by atoms with E-state index in [9.17, 15) is 27.9 Å². The number of hydrogen-bond acceptors (Lipinski definition) is 7. The number of hydrogen-bond donors (Lipinski definition) is 5. The van der Waals surface area contributed by atoms with E-state index in [0.29, 0.717) is 48.7 Å². The zero-order valence-corrected chi connectivity index (χ0v) is 25.3. The van der Waals surface area contributed by atoms with Gasteiger partial charge in [-0.3, -0.25) is 19.8 Å². The van der Waals surface area contributed by atoms with Crippen molar-refractivity contribution in [3.8, 4) is 0 Å². The topological polar surface area (TPSA) is 197 Å². The standard InChI is InChI=1S/C32H39N5O6S/c33-16-5-3-12-26(32(40)41)29(38)28-13-4-6-17-37(28)31(39)27(19-21-8-7-11-24(18-21)30(34)35)36-44(42,43)25-15-14-22-9-1-2-10-23(22)20-25/h1-2,7-11,14-15,18,20,26-28,36H,3-6,12-13,16-17,19,33H2,(H3,34,35)(H,40,41)/t26?,27-,28?/m0/s1. The van der Waals surface area contributed by atoms with Crippen LogP contribution in [0.4, 0.5) is 0 Å². The SMILES string of the molecule is N=C(N)c1cccc(C[C@H](NS(=O)(=O)c2ccc3ccccc3c2)C(=O)N2CCCCC2C(=O)C(CCCCN)C(=O)O)c1. The fourth-order valence-electron chi connectivity index (χ4n) is 5.67. The average molecular weight is 622 g/mol. The predicted molar refractivity (Wildman–Crippen MR) is 168 cm³/mol. The lowest BCUT2D eigenvalue weighted by atomic mass is 9.87. The molecule has 44 heavy (non-hydrogen) atoms. The molecule has 0 spiro atoms. The molecule has 0 aliphatic carbocycles. The van der Waals surface area contributed by atoms with Gasteiger partial charge in [-0.1, -0.05) is 55.0 Å². The van der Waals surface area contributed by atoms with Crippen LogP contribution < -0.4 is 16.2 Å². The molecule has 2 unspecified atom stereocenters. The second-order valence-electron chi connectivity index (χ2n) is 11.1. The minimum Gasteiger partial charge on any atom is -0.481 e. The number of amidine groups is 1. The van der Waals surface area contributed by atoms with Gasteiger partial charge in [0.1, 0.15) is 17.8 Å². The average Bonchev–Trinajstić information content (AvgIpc) is 3.01. The Labute approximate surface area is 257 Å². The van der Waals surface area contributed by atoms with Crippen LogP contribution in [0.5, 0.6) is 0 Å². The van der Waals surface area contributed by atoms with Crippen molar-refractivity contribution in [2.75, 3.05) is 13.1 Å². The number of aliphatic carboxylic acids is 1. The second-order valence-corrected chi connectivity index (χ2v) is 12.8. The van der Waals surface area contributed by atoms with Crippen LogP contribution in [0.2, 0.25) is 0 Å². The third-order valence-electron chi connectivity index (χ3n) is 8.01. The Bertz CT molecular complexity index is 1640. The first kappa shape index (κ1) is 32.8. The Morgan fingerprint density at radius 3 is 2.45 bits per heavy atom. The van der Waals surface area contributed by atoms with Gasteiger partial charge < -0.3 is 21.5 Å². The molecule has 3 aromatic carbocycles. The number of unbranched alkanes of at least 4 members (excludes halogenated alkanes) is 1. The Kier molecular flexibility index (Phi) is 10.8. The number of likely N-dealkylation sites (tertiary alicyclic amines) is 1. The molecule has 234 valence electrons. The number of benzene rings is 3. The number of rotatable bonds is 14. The Morgan fingerprint density at radius 1 is 1.00 bits per heavy atom. The maximum atomic E-state index is 14.2. The van der Waals surface area contributed by atoms with Gasteiger partial charge in [-0.05, 0) is 79.6 Å². The van der Waals surface area contributed by atoms with Gasteiger partial charge in [-0.15, -0.1) is 0 Å². The van der Waals surface area contributed by atoms with Gasteiger partial charge in [0, 0.05) is 12.1 Å². The van der Waals surface area contributed by atoms with Crippen molar-refractivity contribution < 1.29 is 27.9 Å². The summed E-state index contributed by atoms with van der Waals surface area (Å²) in [5.74, 6) is -3.90. The third-order valence-corrected chi connectivity index (χ3v) is 9.48. The minimum absolute atomic E-state index is 0.0244. The highest BCUT2D eigenvalue weighted by atomic mass is 32.2. The molecular formula is C32H39N5O6S. The largest absolute Gasteiger partial charge is 0.481 e. The first-order valence-electron chi connectivity index (χ1n) is 14.7. The van der Waals surface area contributed by atoms with Gasteiger partial charge in [-0.2, -0.15) is 4.72 Å². The number of sulfonamides is 1. The number of ketones is 1. The molecule has 3 aromatic rings. The fourth-order valence-corrected chi connectivity index (χ4v) is 6.90. The number of carbonyl (C=O) groups excluding carboxylic acids is 2. The van der Waals surface area contributed by atoms with Crippen molar-refractivity contribution in [2.45, 2.75) is 61.9 Å². The lowest BCUT2D eigenvalue weighted by Crippen LogP contribution is -2.57. The van der Waals surface area contributed by atoms with Crippen molar-refractivity contribution in [3.63, 3.8) is 0 Å². The smallest absolute Gasteiger partial charge is 0.314 e. The zero-order chi connectivity index (χ0) is 31.9. The van der Waals surface area contributed by atoms with Crippen molar-refractivity contribution in [3.05, 3.63) is 77.9 Å². The van der Waals surface area contributed by atoms with E-state index in [1.807, 2.05) is 12.1 Å². The number of nitrogens with two attached hydrogens (primary N) is 2. The molecule has 0 saturated carbocycles. The first-order chi connectivity index (χ1) is 21.0. The summed E-state index contributed by atoms with van der Waals surface area (Å²) in [6.45, 7) is 0.560. The lowest BCUT2D eigenvalue weighted by Gasteiger charge is -2.38. The van der Waals surface area contributed by atoms with Crippen LogP contribution in [0.3, 0.4) is 0 Å². The molecule has 3 atom stereocenters. The number of carbonyl (C=O) groups is 3. The molecule has 12 heteroatoms. The maximum Gasteiger partial charge on any atom is 0.314 e. The zero-order valence-electron chi connectivity index (χ0n) is 24.4. The molecule has 0 radical (unpaired) electrons. The predicted octanol–water partition coefficient (Wildman–Crippen LogP) is 2.79. The monoisotopic (exact) mass is 621 g/mol. The van der Waals surface area contributed by atoms with E-state index in [2.05, 4.69) is 4.72 Å². The molecule has 1 aliphatic rings. The van der Waals surface area contributed by atoms with Crippen LogP contribution >= 0.6 is 0 Å². The van der Waals surface area contributed by atoms with Crippen LogP contribution in [0.25, 0.3) is 10.8 Å². The fraction of sp³-hybridized carbons (Fsp3) is 0.375. The van der Waals surface area contributed by atoms with Crippen LogP contribution in [0, 0.1) is 11.3 Å². The number of carboxylic acid groups (broad SMARTS) is 1. The number of Topliss-reactive ketones (excluding diaryl/α,β-unsaturated/α-hetero) is 1. The summed E-state index contributed by atoms with van der Waals surface area (Å²) in [6.07, 6.45) is 2.56. The van der Waals surface area contributed by atoms with Gasteiger partial charge >= 0.3 is 5.97 Å². The molecular weight excluding hydrogens is 582 g/mol. The summed E-state index contributed by atoms with van der Waals surface area (Å²) in [7, 11) is -4.22. The maximum absolute atomic E-state index is 14.2. The summed E-state index contributed by atoms with van der Waals surface area (Å²) >= 11 is 0. The highest BCUT2D eigenvalue weighted by Crippen LogP contribution is 2.26. The lowest BCUT2D eigenvalue weighted by molar-refractivity contribution is -0.152. The summed E-state index contributed by atoms with van der Waals surface area (Å²) in [4.78, 5) is 41.2. The van der Waals surface area contributed by atoms with Gasteiger partial charge in [-0.25, -0.2) is 8.42 Å². The number of amides is 1. The molecule has 11 nitrogen and oxygen atoms in total. The van der Waals surface area contributed by atoms with Crippen molar-refractivity contribution in [1.29, 1.82) is 5.41 Å². The van der Waals surface area contributed by atoms with Crippen molar-refractivity contribution in [2.24, 2.45) is 17.4 Å². The molecule has 0 aromatic heterocycles. The Hall–Kier alpha value is -4.13. The minimum atomic E-state index is -4.22. The van der Waals surface area contributed by atoms with Crippen LogP contribution in [-0.2, 0) is 30.8 Å². The highest BCUT2D eigenvalue weighted by molar-refractivity contribution is 7.89. The van der Waals surface area contributed by atoms with E-state index in [1.165, 1.54) is 17.0 Å². The third kappa shape index (κ3) is 7.87. The van der Waals surface area contributed by atoms with E-state index >= 15 is 0 Å². The number of piperidine rings is 1. The molecule has 0 bridgehead atoms. The quantitative estimate of drug-likeness (QED) is 0.0784. The number of carboxylic acids is 1. The molecule has 1 fully saturated rings. The molecule has 7 N–H and O–H groups in total. The molecule has 1 aliphatic heterocycles. The molecule has 4 rings (SSSR count). The van der Waals surface area contributed by atoms with E-state index in [1.54, 1.807) is 42.5 Å². The highest BCUT2D eigenvalue weighted by Gasteiger charge is 2.41. The van der Waals surface area contributed by atoms with Crippen LogP contribution in [0.15, 0.2) is 71.6 Å². The van der Waals surface area contributed by atoms with E-state index < -0.39 is 45.7 Å². The van der Waals surface area contributed by atoms with Crippen LogP contribution in [-0.4, -0.2) is 67.1 Å². The molecule has 1 heterocycles. The molecule has 1 amide bonds. The Morgan fingerprint density at radius 2 is 1.75 bits per heavy atom. The molecule has 1 saturated heterocycles. The number of nitrogens with one attached hydrogen (secondary N) is 2. The number of nitrogen functional groups attached to an aromatic ring is 1. The van der Waals surface area contributed by atoms with Gasteiger partial charge in [0.25, 0.3) is 0 Å². The van der Waals surface area contributed by atoms with Gasteiger partial charge in [0.15, 0.2) is 5.78 Å². The number of fused-ring (bicyclic) bond motifs is 1. The summed E-state index contributed by atoms with van der Waals surface area (Å²) in [5, 5.41) is 19.2. The summed E-state index contributed by atoms with van der Waals surface area (Å²) < 4.78 is 30.0. The van der Waals surface area contributed by atoms with E-state index in [4.69, 9.17) is 16.9 Å². The first-order valence-corrected chi connectivity index (χ1v) is 16.2. The summed E-state index contributed by atoms with van der Waals surface area (Å²) in [5.41, 5.74) is 12.2. The van der Waals surface area contributed by atoms with Crippen LogP contribution in [0.1, 0.15) is 49.7 Å². The Balaban J connectivity index is 1.68. The normalized spacial score (nSPS) is 16.8. The van der Waals surface area contributed by atoms with Crippen molar-refractivity contribution >= 4 is 44.3 Å². The number of nitrogens with zero attached hydrogens (tertiary/aromatic N) is 1. The van der Waals surface area contributed by atoms with E-state index in [0.717, 1.165) is 5.39 Å².